The Kier molecular flexibility index (Phi) is 3.21. The topological polar surface area (TPSA) is 36.1 Å². The zero-order valence-electron chi connectivity index (χ0n) is 12.3. The fraction of sp³-hybridized carbons (Fsp3) is 0.500. The molecule has 2 heterocycles. The summed E-state index contributed by atoms with van der Waals surface area (Å²) in [5, 5.41) is 1.06. The van der Waals surface area contributed by atoms with Crippen LogP contribution in [0.3, 0.4) is 0 Å². The van der Waals surface area contributed by atoms with Gasteiger partial charge in [0.2, 0.25) is 0 Å². The number of H-pyrrole nitrogens is 1. The van der Waals surface area contributed by atoms with E-state index in [1.165, 1.54) is 32.1 Å². The van der Waals surface area contributed by atoms with Crippen LogP contribution in [0.5, 0.6) is 0 Å². The van der Waals surface area contributed by atoms with Crippen LogP contribution in [0.4, 0.5) is 0 Å². The minimum Gasteiger partial charge on any atom is -0.360 e. The zero-order valence-corrected chi connectivity index (χ0v) is 12.3. The SMILES string of the molecule is O=C(c1c[nH]c2ccccc12)N1CCCC1C1CCCC1. The van der Waals surface area contributed by atoms with Crippen molar-refractivity contribution >= 4 is 16.8 Å². The lowest BCUT2D eigenvalue weighted by Gasteiger charge is -2.29. The van der Waals surface area contributed by atoms with Crippen molar-refractivity contribution in [3.05, 3.63) is 36.0 Å². The zero-order chi connectivity index (χ0) is 14.2. The number of aromatic nitrogens is 1. The molecule has 1 amide bonds. The summed E-state index contributed by atoms with van der Waals surface area (Å²) in [6.07, 6.45) is 9.54. The molecule has 4 rings (SSSR count). The number of rotatable bonds is 2. The van der Waals surface area contributed by atoms with Crippen molar-refractivity contribution < 1.29 is 4.79 Å². The Bertz CT molecular complexity index is 654. The van der Waals surface area contributed by atoms with Crippen LogP contribution < -0.4 is 0 Å². The average Bonchev–Trinajstić information content (AvgIpc) is 3.25. The third-order valence-electron chi connectivity index (χ3n) is 5.32. The molecule has 2 aliphatic rings. The minimum absolute atomic E-state index is 0.224. The van der Waals surface area contributed by atoms with E-state index >= 15 is 0 Å². The van der Waals surface area contributed by atoms with Crippen LogP contribution in [-0.2, 0) is 0 Å². The first kappa shape index (κ1) is 12.9. The number of carbonyl (C=O) groups is 1. The molecule has 0 radical (unpaired) electrons. The van der Waals surface area contributed by atoms with Gasteiger partial charge in [0, 0.05) is 29.7 Å². The molecule has 3 nitrogen and oxygen atoms in total. The Balaban J connectivity index is 1.64. The van der Waals surface area contributed by atoms with Gasteiger partial charge in [-0.3, -0.25) is 4.79 Å². The lowest BCUT2D eigenvalue weighted by atomic mass is 9.95. The molecule has 1 aromatic carbocycles. The van der Waals surface area contributed by atoms with Gasteiger partial charge in [-0.05, 0) is 37.7 Å². The first-order valence-corrected chi connectivity index (χ1v) is 8.21. The monoisotopic (exact) mass is 282 g/mol. The summed E-state index contributed by atoms with van der Waals surface area (Å²) in [5.41, 5.74) is 1.90. The van der Waals surface area contributed by atoms with E-state index in [1.54, 1.807) is 0 Å². The number of para-hydroxylation sites is 1. The fourth-order valence-electron chi connectivity index (χ4n) is 4.28. The maximum Gasteiger partial charge on any atom is 0.256 e. The van der Waals surface area contributed by atoms with Gasteiger partial charge in [0.05, 0.1) is 5.56 Å². The first-order chi connectivity index (χ1) is 10.3. The second kappa shape index (κ2) is 5.21. The summed E-state index contributed by atoms with van der Waals surface area (Å²) < 4.78 is 0. The summed E-state index contributed by atoms with van der Waals surface area (Å²) >= 11 is 0. The molecule has 1 saturated heterocycles. The molecule has 0 spiro atoms. The number of hydrogen-bond donors (Lipinski definition) is 1. The molecule has 1 saturated carbocycles. The van der Waals surface area contributed by atoms with Gasteiger partial charge >= 0.3 is 0 Å². The fourth-order valence-corrected chi connectivity index (χ4v) is 4.28. The largest absolute Gasteiger partial charge is 0.360 e. The molecule has 3 heteroatoms. The van der Waals surface area contributed by atoms with Gasteiger partial charge in [-0.2, -0.15) is 0 Å². The van der Waals surface area contributed by atoms with E-state index in [1.807, 2.05) is 30.5 Å². The quantitative estimate of drug-likeness (QED) is 0.889. The van der Waals surface area contributed by atoms with Crippen LogP contribution in [0.2, 0.25) is 0 Å². The lowest BCUT2D eigenvalue weighted by Crippen LogP contribution is -2.39. The van der Waals surface area contributed by atoms with Crippen LogP contribution in [-0.4, -0.2) is 28.4 Å². The molecule has 1 atom stereocenters. The standard InChI is InChI=1S/C18H22N2O/c21-18(15-12-19-16-9-4-3-8-14(15)16)20-11-5-10-17(20)13-6-1-2-7-13/h3-4,8-9,12-13,17,19H,1-2,5-7,10-11H2. The number of hydrogen-bond acceptors (Lipinski definition) is 1. The summed E-state index contributed by atoms with van der Waals surface area (Å²) in [5.74, 6) is 0.962. The van der Waals surface area contributed by atoms with E-state index in [2.05, 4.69) is 9.88 Å². The number of aromatic amines is 1. The van der Waals surface area contributed by atoms with Gasteiger partial charge in [0.1, 0.15) is 0 Å². The van der Waals surface area contributed by atoms with Gasteiger partial charge < -0.3 is 9.88 Å². The number of nitrogens with one attached hydrogen (secondary N) is 1. The van der Waals surface area contributed by atoms with Crippen molar-refractivity contribution in [3.63, 3.8) is 0 Å². The van der Waals surface area contributed by atoms with Crippen molar-refractivity contribution in [2.75, 3.05) is 6.54 Å². The van der Waals surface area contributed by atoms with Crippen molar-refractivity contribution in [3.8, 4) is 0 Å². The van der Waals surface area contributed by atoms with E-state index < -0.39 is 0 Å². The molecule has 1 N–H and O–H groups in total. The van der Waals surface area contributed by atoms with Gasteiger partial charge in [-0.1, -0.05) is 31.0 Å². The maximum atomic E-state index is 13.0. The summed E-state index contributed by atoms with van der Waals surface area (Å²) in [4.78, 5) is 18.4. The van der Waals surface area contributed by atoms with Gasteiger partial charge in [0.15, 0.2) is 0 Å². The number of benzene rings is 1. The van der Waals surface area contributed by atoms with Gasteiger partial charge in [0.25, 0.3) is 5.91 Å². The molecule has 1 unspecified atom stereocenters. The molecule has 0 bridgehead atoms. The molecule has 2 aromatic rings. The Labute approximate surface area is 125 Å². The summed E-state index contributed by atoms with van der Waals surface area (Å²) in [7, 11) is 0. The number of fused-ring (bicyclic) bond motifs is 1. The normalized spacial score (nSPS) is 23.2. The van der Waals surface area contributed by atoms with Gasteiger partial charge in [-0.25, -0.2) is 0 Å². The van der Waals surface area contributed by atoms with E-state index in [0.29, 0.717) is 6.04 Å². The summed E-state index contributed by atoms with van der Waals surface area (Å²) in [6, 6.07) is 8.56. The number of carbonyl (C=O) groups excluding carboxylic acids is 1. The van der Waals surface area contributed by atoms with Crippen LogP contribution >= 0.6 is 0 Å². The molecule has 1 aromatic heterocycles. The van der Waals surface area contributed by atoms with Gasteiger partial charge in [-0.15, -0.1) is 0 Å². The van der Waals surface area contributed by atoms with Crippen LogP contribution in [0.1, 0.15) is 48.9 Å². The smallest absolute Gasteiger partial charge is 0.256 e. The van der Waals surface area contributed by atoms with E-state index in [9.17, 15) is 4.79 Å². The first-order valence-electron chi connectivity index (χ1n) is 8.21. The highest BCUT2D eigenvalue weighted by Crippen LogP contribution is 2.36. The van der Waals surface area contributed by atoms with Crippen LogP contribution in [0.15, 0.2) is 30.5 Å². The molecule has 1 aliphatic heterocycles. The summed E-state index contributed by atoms with van der Waals surface area (Å²) in [6.45, 7) is 0.930. The molecule has 1 aliphatic carbocycles. The Morgan fingerprint density at radius 3 is 2.76 bits per heavy atom. The number of nitrogens with zero attached hydrogens (tertiary/aromatic N) is 1. The number of amides is 1. The third kappa shape index (κ3) is 2.15. The molecule has 110 valence electrons. The van der Waals surface area contributed by atoms with Crippen molar-refractivity contribution in [2.45, 2.75) is 44.6 Å². The van der Waals surface area contributed by atoms with E-state index in [4.69, 9.17) is 0 Å². The minimum atomic E-state index is 0.224. The van der Waals surface area contributed by atoms with Crippen molar-refractivity contribution in [1.82, 2.24) is 9.88 Å². The Hall–Kier alpha value is -1.77. The third-order valence-corrected chi connectivity index (χ3v) is 5.32. The average molecular weight is 282 g/mol. The highest BCUT2D eigenvalue weighted by atomic mass is 16.2. The van der Waals surface area contributed by atoms with Crippen molar-refractivity contribution in [2.24, 2.45) is 5.92 Å². The second-order valence-electron chi connectivity index (χ2n) is 6.50. The molecular formula is C18H22N2O. The van der Waals surface area contributed by atoms with E-state index in [-0.39, 0.29) is 5.91 Å². The predicted molar refractivity (Wildman–Crippen MR) is 84.3 cm³/mol. The van der Waals surface area contributed by atoms with Crippen LogP contribution in [0, 0.1) is 5.92 Å². The van der Waals surface area contributed by atoms with E-state index in [0.717, 1.165) is 35.3 Å². The lowest BCUT2D eigenvalue weighted by molar-refractivity contribution is 0.0691. The Morgan fingerprint density at radius 1 is 1.10 bits per heavy atom. The predicted octanol–water partition coefficient (Wildman–Crippen LogP) is 3.96. The molecule has 21 heavy (non-hydrogen) atoms. The Morgan fingerprint density at radius 2 is 1.90 bits per heavy atom. The molecular weight excluding hydrogens is 260 g/mol. The highest BCUT2D eigenvalue weighted by Gasteiger charge is 2.36. The maximum absolute atomic E-state index is 13.0. The van der Waals surface area contributed by atoms with Crippen molar-refractivity contribution in [1.29, 1.82) is 0 Å². The molecule has 2 fully saturated rings. The second-order valence-corrected chi connectivity index (χ2v) is 6.50. The highest BCUT2D eigenvalue weighted by molar-refractivity contribution is 6.06. The van der Waals surface area contributed by atoms with Crippen LogP contribution in [0.25, 0.3) is 10.9 Å². The number of likely N-dealkylation sites (tertiary alicyclic amines) is 1.